The zero-order valence-electron chi connectivity index (χ0n) is 17.1. The number of hydrogen-bond donors (Lipinski definition) is 0. The molecule has 8 heteroatoms. The molecule has 0 saturated carbocycles. The van der Waals surface area contributed by atoms with Gasteiger partial charge >= 0.3 is 10.1 Å². The van der Waals surface area contributed by atoms with Crippen molar-refractivity contribution in [1.29, 1.82) is 0 Å². The van der Waals surface area contributed by atoms with Crippen molar-refractivity contribution in [2.75, 3.05) is 27.4 Å². The second-order valence-corrected chi connectivity index (χ2v) is 8.50. The topological polar surface area (TPSA) is 82.1 Å². The van der Waals surface area contributed by atoms with Crippen molar-refractivity contribution in [2.24, 2.45) is 5.92 Å². The van der Waals surface area contributed by atoms with E-state index in [1.165, 1.54) is 26.4 Å². The van der Waals surface area contributed by atoms with Crippen LogP contribution >= 0.6 is 0 Å². The molecule has 0 N–H and O–H groups in total. The van der Waals surface area contributed by atoms with E-state index in [4.69, 9.17) is 13.7 Å². The van der Waals surface area contributed by atoms with E-state index in [1.807, 2.05) is 13.8 Å². The molecule has 0 radical (unpaired) electrons. The number of benzene rings is 2. The number of carbonyl (C=O) groups excluding carboxylic acids is 1. The summed E-state index contributed by atoms with van der Waals surface area (Å²) in [5, 5.41) is 0. The standard InChI is InChI=1S/C21H27NO6S/c1-16(2)13-22(21(23)15-26-3)14-17-5-7-19(8-6-17)28-29(24,25)20-11-9-18(27-4)10-12-20/h5-12,16H,13-15H2,1-4H3. The molecule has 29 heavy (non-hydrogen) atoms. The normalized spacial score (nSPS) is 11.3. The molecule has 7 nitrogen and oxygen atoms in total. The Morgan fingerprint density at radius 3 is 2.07 bits per heavy atom. The molecule has 0 unspecified atom stereocenters. The van der Waals surface area contributed by atoms with Crippen molar-refractivity contribution in [2.45, 2.75) is 25.3 Å². The van der Waals surface area contributed by atoms with Crippen LogP contribution in [0.1, 0.15) is 19.4 Å². The van der Waals surface area contributed by atoms with Crippen LogP contribution in [0.15, 0.2) is 53.4 Å². The van der Waals surface area contributed by atoms with Crippen LogP contribution in [0.25, 0.3) is 0 Å². The van der Waals surface area contributed by atoms with Crippen molar-refractivity contribution >= 4 is 16.0 Å². The number of amides is 1. The van der Waals surface area contributed by atoms with Gasteiger partial charge in [0, 0.05) is 20.2 Å². The van der Waals surface area contributed by atoms with Crippen LogP contribution in [0.5, 0.6) is 11.5 Å². The lowest BCUT2D eigenvalue weighted by Crippen LogP contribution is -2.36. The highest BCUT2D eigenvalue weighted by molar-refractivity contribution is 7.87. The Bertz CT molecular complexity index is 892. The van der Waals surface area contributed by atoms with Crippen LogP contribution < -0.4 is 8.92 Å². The van der Waals surface area contributed by atoms with Gasteiger partial charge in [-0.05, 0) is 47.9 Å². The molecule has 0 saturated heterocycles. The highest BCUT2D eigenvalue weighted by Crippen LogP contribution is 2.22. The van der Waals surface area contributed by atoms with Crippen LogP contribution in [0.4, 0.5) is 0 Å². The lowest BCUT2D eigenvalue weighted by atomic mass is 10.1. The van der Waals surface area contributed by atoms with E-state index in [2.05, 4.69) is 0 Å². The predicted molar refractivity (Wildman–Crippen MR) is 109 cm³/mol. The maximum absolute atomic E-state index is 12.4. The Morgan fingerprint density at radius 2 is 1.55 bits per heavy atom. The molecular weight excluding hydrogens is 394 g/mol. The first-order valence-electron chi connectivity index (χ1n) is 9.19. The van der Waals surface area contributed by atoms with E-state index in [0.29, 0.717) is 24.8 Å². The molecule has 0 aliphatic carbocycles. The predicted octanol–water partition coefficient (Wildman–Crippen LogP) is 3.09. The Labute approximate surface area is 172 Å². The van der Waals surface area contributed by atoms with E-state index in [-0.39, 0.29) is 23.2 Å². The summed E-state index contributed by atoms with van der Waals surface area (Å²) in [6.45, 7) is 5.11. The van der Waals surface area contributed by atoms with Crippen molar-refractivity contribution in [1.82, 2.24) is 4.90 Å². The molecule has 0 aromatic heterocycles. The number of rotatable bonds is 10. The first kappa shape index (κ1) is 22.7. The molecule has 0 atom stereocenters. The van der Waals surface area contributed by atoms with Crippen LogP contribution in [-0.4, -0.2) is 46.6 Å². The molecule has 0 fully saturated rings. The summed E-state index contributed by atoms with van der Waals surface area (Å²) < 4.78 is 40.0. The molecule has 0 bridgehead atoms. The molecule has 158 valence electrons. The van der Waals surface area contributed by atoms with Gasteiger partial charge in [0.05, 0.1) is 7.11 Å². The number of hydrogen-bond acceptors (Lipinski definition) is 6. The van der Waals surface area contributed by atoms with Gasteiger partial charge in [-0.1, -0.05) is 26.0 Å². The van der Waals surface area contributed by atoms with Gasteiger partial charge in [-0.15, -0.1) is 0 Å². The van der Waals surface area contributed by atoms with Crippen molar-refractivity contribution in [3.8, 4) is 11.5 Å². The van der Waals surface area contributed by atoms with E-state index in [9.17, 15) is 13.2 Å². The SMILES string of the molecule is COCC(=O)N(Cc1ccc(OS(=O)(=O)c2ccc(OC)cc2)cc1)CC(C)C. The number of nitrogens with zero attached hydrogens (tertiary/aromatic N) is 1. The fourth-order valence-corrected chi connectivity index (χ4v) is 3.63. The van der Waals surface area contributed by atoms with Gasteiger partial charge in [-0.3, -0.25) is 4.79 Å². The smallest absolute Gasteiger partial charge is 0.339 e. The second-order valence-electron chi connectivity index (χ2n) is 6.96. The lowest BCUT2D eigenvalue weighted by Gasteiger charge is -2.24. The Hall–Kier alpha value is -2.58. The summed E-state index contributed by atoms with van der Waals surface area (Å²) in [6, 6.07) is 12.6. The molecule has 0 heterocycles. The van der Waals surface area contributed by atoms with Gasteiger partial charge in [-0.25, -0.2) is 0 Å². The minimum absolute atomic E-state index is 0.0218. The Morgan fingerprint density at radius 1 is 0.966 bits per heavy atom. The van der Waals surface area contributed by atoms with E-state index in [0.717, 1.165) is 5.56 Å². The molecule has 2 aromatic carbocycles. The first-order valence-corrected chi connectivity index (χ1v) is 10.6. The number of carbonyl (C=O) groups is 1. The van der Waals surface area contributed by atoms with Gasteiger partial charge in [-0.2, -0.15) is 8.42 Å². The monoisotopic (exact) mass is 421 g/mol. The largest absolute Gasteiger partial charge is 0.497 e. The van der Waals surface area contributed by atoms with Gasteiger partial charge in [0.1, 0.15) is 23.0 Å². The summed E-state index contributed by atoms with van der Waals surface area (Å²) in [7, 11) is -0.954. The third-order valence-electron chi connectivity index (χ3n) is 4.06. The van der Waals surface area contributed by atoms with Gasteiger partial charge in [0.25, 0.3) is 0 Å². The minimum atomic E-state index is -3.95. The average Bonchev–Trinajstić information content (AvgIpc) is 2.68. The van der Waals surface area contributed by atoms with E-state index in [1.54, 1.807) is 41.3 Å². The maximum atomic E-state index is 12.4. The number of methoxy groups -OCH3 is 2. The van der Waals surface area contributed by atoms with Crippen LogP contribution in [0, 0.1) is 5.92 Å². The number of ether oxygens (including phenoxy) is 2. The van der Waals surface area contributed by atoms with Gasteiger partial charge in [0.2, 0.25) is 5.91 Å². The van der Waals surface area contributed by atoms with E-state index < -0.39 is 10.1 Å². The summed E-state index contributed by atoms with van der Waals surface area (Å²) in [4.78, 5) is 14.0. The van der Waals surface area contributed by atoms with Crippen molar-refractivity contribution in [3.63, 3.8) is 0 Å². The first-order chi connectivity index (χ1) is 13.7. The Kier molecular flexibility index (Phi) is 8.04. The quantitative estimate of drug-likeness (QED) is 0.548. The van der Waals surface area contributed by atoms with Gasteiger partial charge in [0.15, 0.2) is 0 Å². The minimum Gasteiger partial charge on any atom is -0.497 e. The highest BCUT2D eigenvalue weighted by atomic mass is 32.2. The fraction of sp³-hybridized carbons (Fsp3) is 0.381. The fourth-order valence-electron chi connectivity index (χ4n) is 2.70. The molecule has 0 aliphatic heterocycles. The molecule has 2 rings (SSSR count). The maximum Gasteiger partial charge on any atom is 0.339 e. The van der Waals surface area contributed by atoms with Crippen molar-refractivity contribution in [3.05, 3.63) is 54.1 Å². The summed E-state index contributed by atoms with van der Waals surface area (Å²) in [6.07, 6.45) is 0. The second kappa shape index (κ2) is 10.3. The molecular formula is C21H27NO6S. The van der Waals surface area contributed by atoms with Crippen molar-refractivity contribution < 1.29 is 26.9 Å². The van der Waals surface area contributed by atoms with Crippen LogP contribution in [-0.2, 0) is 26.2 Å². The summed E-state index contributed by atoms with van der Waals surface area (Å²) >= 11 is 0. The zero-order valence-corrected chi connectivity index (χ0v) is 17.9. The Balaban J connectivity index is 2.09. The highest BCUT2D eigenvalue weighted by Gasteiger charge is 2.18. The molecule has 1 amide bonds. The average molecular weight is 422 g/mol. The van der Waals surface area contributed by atoms with Crippen LogP contribution in [0.2, 0.25) is 0 Å². The third kappa shape index (κ3) is 6.76. The third-order valence-corrected chi connectivity index (χ3v) is 5.32. The van der Waals surface area contributed by atoms with Gasteiger partial charge < -0.3 is 18.6 Å². The molecule has 0 spiro atoms. The summed E-state index contributed by atoms with van der Waals surface area (Å²) in [5.41, 5.74) is 0.865. The molecule has 0 aliphatic rings. The van der Waals surface area contributed by atoms with E-state index >= 15 is 0 Å². The zero-order chi connectivity index (χ0) is 21.4. The van der Waals surface area contributed by atoms with Crippen LogP contribution in [0.3, 0.4) is 0 Å². The lowest BCUT2D eigenvalue weighted by molar-refractivity contribution is -0.136. The molecule has 2 aromatic rings. The summed E-state index contributed by atoms with van der Waals surface area (Å²) in [5.74, 6) is 0.974.